The maximum Gasteiger partial charge on any atom is 0.256 e. The molecule has 0 radical (unpaired) electrons. The van der Waals surface area contributed by atoms with Gasteiger partial charge < -0.3 is 10.6 Å². The molecule has 0 aliphatic heterocycles. The Hall–Kier alpha value is -2.28. The summed E-state index contributed by atoms with van der Waals surface area (Å²) in [4.78, 5) is 26.6. The third-order valence-electron chi connectivity index (χ3n) is 3.90. The van der Waals surface area contributed by atoms with Crippen molar-refractivity contribution in [3.05, 3.63) is 75.4 Å². The summed E-state index contributed by atoms with van der Waals surface area (Å²) in [5, 5.41) is 8.08. The molecule has 144 valence electrons. The molecule has 1 heterocycles. The monoisotopic (exact) mass is 430 g/mol. The van der Waals surface area contributed by atoms with Gasteiger partial charge in [-0.25, -0.2) is 0 Å². The van der Waals surface area contributed by atoms with E-state index in [9.17, 15) is 9.59 Å². The van der Waals surface area contributed by atoms with Gasteiger partial charge >= 0.3 is 0 Å². The van der Waals surface area contributed by atoms with Gasteiger partial charge in [0.2, 0.25) is 5.91 Å². The summed E-state index contributed by atoms with van der Waals surface area (Å²) in [6.45, 7) is 1.78. The van der Waals surface area contributed by atoms with Crippen molar-refractivity contribution in [2.24, 2.45) is 0 Å². The van der Waals surface area contributed by atoms with Crippen LogP contribution in [0.15, 0.2) is 64.9 Å². The maximum absolute atomic E-state index is 12.9. The lowest BCUT2D eigenvalue weighted by molar-refractivity contribution is -0.115. The first-order valence-corrected chi connectivity index (χ1v) is 11.0. The quantitative estimate of drug-likeness (QED) is 0.433. The van der Waals surface area contributed by atoms with E-state index >= 15 is 0 Å². The Morgan fingerprint density at radius 3 is 2.64 bits per heavy atom. The molecular weight excluding hydrogens is 412 g/mol. The zero-order chi connectivity index (χ0) is 19.9. The van der Waals surface area contributed by atoms with Crippen molar-refractivity contribution < 1.29 is 9.59 Å². The van der Waals surface area contributed by atoms with E-state index in [-0.39, 0.29) is 11.8 Å². The molecule has 2 aromatic carbocycles. The van der Waals surface area contributed by atoms with Crippen LogP contribution in [0.3, 0.4) is 0 Å². The summed E-state index contributed by atoms with van der Waals surface area (Å²) in [5.74, 6) is 0.464. The number of hydrogen-bond donors (Lipinski definition) is 2. The smallest absolute Gasteiger partial charge is 0.256 e. The third kappa shape index (κ3) is 5.38. The molecule has 0 saturated carbocycles. The van der Waals surface area contributed by atoms with Gasteiger partial charge in [0.1, 0.15) is 0 Å². The molecule has 2 N–H and O–H groups in total. The molecule has 0 aliphatic rings. The molecule has 0 aliphatic carbocycles. The molecule has 4 nitrogen and oxygen atoms in total. The van der Waals surface area contributed by atoms with Gasteiger partial charge in [-0.05, 0) is 41.8 Å². The fourth-order valence-electron chi connectivity index (χ4n) is 2.46. The van der Waals surface area contributed by atoms with E-state index in [1.54, 1.807) is 54.3 Å². The van der Waals surface area contributed by atoms with Gasteiger partial charge in [0.25, 0.3) is 5.91 Å². The number of carbonyl (C=O) groups excluding carboxylic acids is 2. The molecule has 7 heteroatoms. The number of thioether (sulfide) groups is 1. The van der Waals surface area contributed by atoms with Crippen LogP contribution in [0.1, 0.15) is 28.6 Å². The number of benzene rings is 2. The lowest BCUT2D eigenvalue weighted by Crippen LogP contribution is -2.14. The van der Waals surface area contributed by atoms with Crippen LogP contribution < -0.4 is 10.6 Å². The summed E-state index contributed by atoms with van der Waals surface area (Å²) in [6, 6.07) is 16.6. The van der Waals surface area contributed by atoms with Crippen LogP contribution in [0.4, 0.5) is 11.4 Å². The Balaban J connectivity index is 1.76. The number of anilines is 2. The molecule has 28 heavy (non-hydrogen) atoms. The summed E-state index contributed by atoms with van der Waals surface area (Å²) in [5.41, 5.74) is 1.63. The number of thiophene rings is 1. The molecule has 0 unspecified atom stereocenters. The maximum atomic E-state index is 12.9. The highest BCUT2D eigenvalue weighted by molar-refractivity contribution is 7.98. The zero-order valence-corrected chi connectivity index (χ0v) is 17.6. The Labute approximate surface area is 177 Å². The van der Waals surface area contributed by atoms with Crippen LogP contribution in [0.5, 0.6) is 0 Å². The van der Waals surface area contributed by atoms with Crippen LogP contribution in [0.2, 0.25) is 5.02 Å². The molecule has 2 amide bonds. The van der Waals surface area contributed by atoms with Crippen LogP contribution in [0, 0.1) is 0 Å². The predicted octanol–water partition coefficient (Wildman–Crippen LogP) is 6.29. The van der Waals surface area contributed by atoms with Gasteiger partial charge in [-0.1, -0.05) is 36.7 Å². The van der Waals surface area contributed by atoms with Crippen molar-refractivity contribution in [3.63, 3.8) is 0 Å². The zero-order valence-electron chi connectivity index (χ0n) is 15.2. The Morgan fingerprint density at radius 2 is 1.89 bits per heavy atom. The van der Waals surface area contributed by atoms with E-state index in [0.29, 0.717) is 28.4 Å². The van der Waals surface area contributed by atoms with Gasteiger partial charge in [-0.2, -0.15) is 0 Å². The minimum Gasteiger partial charge on any atom is -0.326 e. The number of rotatable bonds is 7. The standard InChI is InChI=1S/C21H19ClN2O2S2/c1-2-20(25)23-14-9-10-17(22)18(12-14)24-21(26)16-7-3-4-8-19(16)28-13-15-6-5-11-27-15/h3-12H,2,13H2,1H3,(H,23,25)(H,24,26). The minimum atomic E-state index is -0.241. The first-order chi connectivity index (χ1) is 13.6. The predicted molar refractivity (Wildman–Crippen MR) is 119 cm³/mol. The van der Waals surface area contributed by atoms with Crippen LogP contribution in [0.25, 0.3) is 0 Å². The molecule has 0 atom stereocenters. The topological polar surface area (TPSA) is 58.2 Å². The van der Waals surface area contributed by atoms with E-state index in [4.69, 9.17) is 11.6 Å². The Kier molecular flexibility index (Phi) is 7.14. The number of nitrogens with one attached hydrogen (secondary N) is 2. The molecule has 0 fully saturated rings. The molecule has 3 aromatic rings. The highest BCUT2D eigenvalue weighted by Crippen LogP contribution is 2.30. The minimum absolute atomic E-state index is 0.102. The van der Waals surface area contributed by atoms with Crippen molar-refractivity contribution in [3.8, 4) is 0 Å². The van der Waals surface area contributed by atoms with Gasteiger partial charge in [0.15, 0.2) is 0 Å². The lowest BCUT2D eigenvalue weighted by atomic mass is 10.2. The summed E-state index contributed by atoms with van der Waals surface area (Å²) >= 11 is 9.55. The van der Waals surface area contributed by atoms with E-state index in [1.807, 2.05) is 29.6 Å². The van der Waals surface area contributed by atoms with E-state index in [2.05, 4.69) is 16.7 Å². The molecule has 0 bridgehead atoms. The van der Waals surface area contributed by atoms with Crippen LogP contribution in [-0.2, 0) is 10.5 Å². The van der Waals surface area contributed by atoms with Crippen molar-refractivity contribution in [1.29, 1.82) is 0 Å². The largest absolute Gasteiger partial charge is 0.326 e. The van der Waals surface area contributed by atoms with Gasteiger partial charge in [-0.3, -0.25) is 9.59 Å². The van der Waals surface area contributed by atoms with Gasteiger partial charge in [0.05, 0.1) is 16.3 Å². The van der Waals surface area contributed by atoms with Crippen LogP contribution in [-0.4, -0.2) is 11.8 Å². The third-order valence-corrected chi connectivity index (χ3v) is 6.41. The molecule has 0 spiro atoms. The summed E-state index contributed by atoms with van der Waals surface area (Å²) in [6.07, 6.45) is 0.374. The van der Waals surface area contributed by atoms with E-state index in [0.717, 1.165) is 10.6 Å². The second-order valence-corrected chi connectivity index (χ2v) is 8.37. The second-order valence-electron chi connectivity index (χ2n) is 5.91. The second kappa shape index (κ2) is 9.78. The van der Waals surface area contributed by atoms with Crippen molar-refractivity contribution in [2.45, 2.75) is 24.0 Å². The van der Waals surface area contributed by atoms with Crippen molar-refractivity contribution >= 4 is 57.9 Å². The van der Waals surface area contributed by atoms with E-state index in [1.165, 1.54) is 4.88 Å². The van der Waals surface area contributed by atoms with Crippen molar-refractivity contribution in [1.82, 2.24) is 0 Å². The summed E-state index contributed by atoms with van der Waals surface area (Å²) < 4.78 is 0. The Morgan fingerprint density at radius 1 is 1.07 bits per heavy atom. The van der Waals surface area contributed by atoms with Gasteiger partial charge in [0, 0.05) is 27.6 Å². The number of hydrogen-bond acceptors (Lipinski definition) is 4. The molecule has 3 rings (SSSR count). The fourth-order valence-corrected chi connectivity index (χ4v) is 4.45. The number of carbonyl (C=O) groups is 2. The van der Waals surface area contributed by atoms with E-state index < -0.39 is 0 Å². The highest BCUT2D eigenvalue weighted by atomic mass is 35.5. The Bertz CT molecular complexity index is 974. The normalized spacial score (nSPS) is 10.5. The number of halogens is 1. The first-order valence-electron chi connectivity index (χ1n) is 8.71. The first kappa shape index (κ1) is 20.5. The van der Waals surface area contributed by atoms with Crippen molar-refractivity contribution in [2.75, 3.05) is 10.6 Å². The SMILES string of the molecule is CCC(=O)Nc1ccc(Cl)c(NC(=O)c2ccccc2SCc2cccs2)c1. The summed E-state index contributed by atoms with van der Waals surface area (Å²) in [7, 11) is 0. The average Bonchev–Trinajstić information content (AvgIpc) is 3.22. The highest BCUT2D eigenvalue weighted by Gasteiger charge is 2.14. The van der Waals surface area contributed by atoms with Crippen LogP contribution >= 0.6 is 34.7 Å². The average molecular weight is 431 g/mol. The number of amides is 2. The fraction of sp³-hybridized carbons (Fsp3) is 0.143. The molecule has 0 saturated heterocycles. The molecule has 1 aromatic heterocycles. The molecular formula is C21H19ClN2O2S2. The van der Waals surface area contributed by atoms with Gasteiger partial charge in [-0.15, -0.1) is 23.1 Å². The lowest BCUT2D eigenvalue weighted by Gasteiger charge is -2.12.